The van der Waals surface area contributed by atoms with E-state index in [2.05, 4.69) is 10.3 Å². The average Bonchev–Trinajstić information content (AvgIpc) is 2.70. The number of carbonyl (C=O) groups is 2. The number of aromatic nitrogens is 1. The first-order valence-electron chi connectivity index (χ1n) is 8.57. The molecule has 27 heavy (non-hydrogen) atoms. The van der Waals surface area contributed by atoms with Crippen molar-refractivity contribution in [3.05, 3.63) is 46.7 Å². The van der Waals surface area contributed by atoms with E-state index in [0.29, 0.717) is 42.6 Å². The normalized spacial score (nSPS) is 14.0. The van der Waals surface area contributed by atoms with Crippen molar-refractivity contribution in [1.82, 2.24) is 14.8 Å². The van der Waals surface area contributed by atoms with Crippen LogP contribution in [0.15, 0.2) is 30.5 Å². The van der Waals surface area contributed by atoms with E-state index in [1.807, 2.05) is 13.0 Å². The maximum Gasteiger partial charge on any atom is 0.272 e. The van der Waals surface area contributed by atoms with Crippen LogP contribution >= 0.6 is 11.6 Å². The van der Waals surface area contributed by atoms with Crippen LogP contribution in [0.25, 0.3) is 0 Å². The molecule has 0 saturated carbocycles. The molecule has 1 aromatic carbocycles. The van der Waals surface area contributed by atoms with Crippen molar-refractivity contribution in [2.75, 3.05) is 38.6 Å². The Kier molecular flexibility index (Phi) is 5.81. The Morgan fingerprint density at radius 1 is 1.26 bits per heavy atom. The predicted molar refractivity (Wildman–Crippen MR) is 104 cm³/mol. The van der Waals surface area contributed by atoms with Crippen LogP contribution in [0, 0.1) is 6.92 Å². The van der Waals surface area contributed by atoms with Gasteiger partial charge >= 0.3 is 0 Å². The molecule has 7 nitrogen and oxygen atoms in total. The molecule has 2 aromatic rings. The van der Waals surface area contributed by atoms with E-state index in [4.69, 9.17) is 16.3 Å². The quantitative estimate of drug-likeness (QED) is 0.797. The number of rotatable bonds is 5. The summed E-state index contributed by atoms with van der Waals surface area (Å²) < 4.78 is 5.38. The maximum absolute atomic E-state index is 12.7. The number of carbonyl (C=O) groups excluding carboxylic acids is 2. The monoisotopic (exact) mass is 388 g/mol. The van der Waals surface area contributed by atoms with Gasteiger partial charge < -0.3 is 19.9 Å². The Labute approximate surface area is 162 Å². The number of methoxy groups -OCH3 is 1. The molecule has 1 fully saturated rings. The number of nitrogens with one attached hydrogen (secondary N) is 1. The number of hydrogen-bond donors (Lipinski definition) is 1. The van der Waals surface area contributed by atoms with Crippen LogP contribution in [0.2, 0.25) is 5.02 Å². The molecular weight excluding hydrogens is 368 g/mol. The van der Waals surface area contributed by atoms with Crippen molar-refractivity contribution in [1.29, 1.82) is 0 Å². The minimum Gasteiger partial charge on any atom is -0.495 e. The third-order valence-corrected chi connectivity index (χ3v) is 4.90. The highest BCUT2D eigenvalue weighted by Gasteiger charge is 2.22. The molecule has 2 heterocycles. The molecule has 1 aliphatic heterocycles. The first-order chi connectivity index (χ1) is 13.0. The summed E-state index contributed by atoms with van der Waals surface area (Å²) in [5.41, 5.74) is 2.74. The number of pyridine rings is 1. The van der Waals surface area contributed by atoms with Crippen LogP contribution in [-0.2, 0) is 4.79 Å². The zero-order chi connectivity index (χ0) is 19.4. The first kappa shape index (κ1) is 19.0. The highest BCUT2D eigenvalue weighted by molar-refractivity contribution is 6.31. The van der Waals surface area contributed by atoms with Gasteiger partial charge in [0.05, 0.1) is 12.8 Å². The van der Waals surface area contributed by atoms with Gasteiger partial charge in [-0.05, 0) is 30.7 Å². The van der Waals surface area contributed by atoms with E-state index in [-0.39, 0.29) is 5.91 Å². The smallest absolute Gasteiger partial charge is 0.272 e. The molecule has 2 amide bonds. The number of nitrogens with zero attached hydrogens (tertiary/aromatic N) is 3. The highest BCUT2D eigenvalue weighted by Crippen LogP contribution is 2.33. The molecule has 0 aliphatic carbocycles. The molecule has 142 valence electrons. The lowest BCUT2D eigenvalue weighted by Crippen LogP contribution is -2.48. The van der Waals surface area contributed by atoms with E-state index in [0.717, 1.165) is 23.3 Å². The molecule has 3 rings (SSSR count). The minimum atomic E-state index is -0.150. The Hall–Kier alpha value is -2.80. The second-order valence-electron chi connectivity index (χ2n) is 6.29. The Morgan fingerprint density at radius 2 is 2.00 bits per heavy atom. The number of benzene rings is 1. The number of aryl methyl sites for hydroxylation is 1. The van der Waals surface area contributed by atoms with Crippen LogP contribution in [-0.4, -0.2) is 60.4 Å². The molecular formula is C19H21ClN4O3. The summed E-state index contributed by atoms with van der Waals surface area (Å²) in [5.74, 6) is 0.462. The largest absolute Gasteiger partial charge is 0.495 e. The SMILES string of the molecule is COc1cc(Cl)c(C)cc1Nc1ccnc(C(=O)N2CCN(C=O)CC2)c1. The summed E-state index contributed by atoms with van der Waals surface area (Å²) >= 11 is 6.15. The van der Waals surface area contributed by atoms with Gasteiger partial charge in [0.2, 0.25) is 6.41 Å². The average molecular weight is 389 g/mol. The second kappa shape index (κ2) is 8.26. The standard InChI is InChI=1S/C19H21ClN4O3/c1-13-9-16(18(27-2)11-15(13)20)22-14-3-4-21-17(10-14)19(26)24-7-5-23(12-25)6-8-24/h3-4,9-12H,5-8H2,1-2H3,(H,21,22). The molecule has 1 saturated heterocycles. The third-order valence-electron chi connectivity index (χ3n) is 4.49. The van der Waals surface area contributed by atoms with Crippen molar-refractivity contribution >= 4 is 35.3 Å². The van der Waals surface area contributed by atoms with E-state index < -0.39 is 0 Å². The molecule has 0 unspecified atom stereocenters. The van der Waals surface area contributed by atoms with Crippen LogP contribution < -0.4 is 10.1 Å². The van der Waals surface area contributed by atoms with Gasteiger partial charge in [0.15, 0.2) is 0 Å². The van der Waals surface area contributed by atoms with Gasteiger partial charge in [-0.25, -0.2) is 0 Å². The van der Waals surface area contributed by atoms with E-state index in [9.17, 15) is 9.59 Å². The molecule has 1 aliphatic rings. The second-order valence-corrected chi connectivity index (χ2v) is 6.70. The first-order valence-corrected chi connectivity index (χ1v) is 8.95. The van der Waals surface area contributed by atoms with Gasteiger partial charge in [0.1, 0.15) is 11.4 Å². The topological polar surface area (TPSA) is 74.8 Å². The minimum absolute atomic E-state index is 0.150. The fourth-order valence-electron chi connectivity index (χ4n) is 2.90. The van der Waals surface area contributed by atoms with Crippen LogP contribution in [0.5, 0.6) is 5.75 Å². The number of ether oxygens (including phenoxy) is 1. The van der Waals surface area contributed by atoms with Gasteiger partial charge in [-0.3, -0.25) is 14.6 Å². The zero-order valence-electron chi connectivity index (χ0n) is 15.2. The predicted octanol–water partition coefficient (Wildman–Crippen LogP) is 2.71. The van der Waals surface area contributed by atoms with Crippen LogP contribution in [0.3, 0.4) is 0 Å². The van der Waals surface area contributed by atoms with Crippen molar-refractivity contribution < 1.29 is 14.3 Å². The van der Waals surface area contributed by atoms with Gasteiger partial charge in [0.25, 0.3) is 5.91 Å². The number of anilines is 2. The van der Waals surface area contributed by atoms with Crippen molar-refractivity contribution in [2.24, 2.45) is 0 Å². The number of amides is 2. The Balaban J connectivity index is 1.77. The molecule has 0 atom stereocenters. The van der Waals surface area contributed by atoms with Crippen molar-refractivity contribution in [3.63, 3.8) is 0 Å². The fourth-order valence-corrected chi connectivity index (χ4v) is 3.06. The van der Waals surface area contributed by atoms with Crippen LogP contribution in [0.4, 0.5) is 11.4 Å². The van der Waals surface area contributed by atoms with E-state index >= 15 is 0 Å². The molecule has 1 aromatic heterocycles. The van der Waals surface area contributed by atoms with Gasteiger partial charge in [-0.2, -0.15) is 0 Å². The number of halogens is 1. The summed E-state index contributed by atoms with van der Waals surface area (Å²) in [6.07, 6.45) is 2.40. The lowest BCUT2D eigenvalue weighted by molar-refractivity contribution is -0.119. The third kappa shape index (κ3) is 4.31. The lowest BCUT2D eigenvalue weighted by Gasteiger charge is -2.32. The number of piperazine rings is 1. The Bertz CT molecular complexity index is 851. The summed E-state index contributed by atoms with van der Waals surface area (Å²) in [4.78, 5) is 31.1. The van der Waals surface area contributed by atoms with Gasteiger partial charge in [0, 0.05) is 49.2 Å². The van der Waals surface area contributed by atoms with E-state index in [1.54, 1.807) is 41.3 Å². The summed E-state index contributed by atoms with van der Waals surface area (Å²) in [6, 6.07) is 7.13. The lowest BCUT2D eigenvalue weighted by atomic mass is 10.2. The molecule has 1 N–H and O–H groups in total. The summed E-state index contributed by atoms with van der Waals surface area (Å²) in [5, 5.41) is 3.88. The summed E-state index contributed by atoms with van der Waals surface area (Å²) in [7, 11) is 1.58. The molecule has 0 radical (unpaired) electrons. The van der Waals surface area contributed by atoms with Crippen molar-refractivity contribution in [3.8, 4) is 5.75 Å². The molecule has 0 spiro atoms. The molecule has 8 heteroatoms. The van der Waals surface area contributed by atoms with E-state index in [1.165, 1.54) is 0 Å². The fraction of sp³-hybridized carbons (Fsp3) is 0.316. The van der Waals surface area contributed by atoms with Gasteiger partial charge in [-0.1, -0.05) is 11.6 Å². The highest BCUT2D eigenvalue weighted by atomic mass is 35.5. The maximum atomic E-state index is 12.7. The Morgan fingerprint density at radius 3 is 2.67 bits per heavy atom. The van der Waals surface area contributed by atoms with Gasteiger partial charge in [-0.15, -0.1) is 0 Å². The van der Waals surface area contributed by atoms with Crippen molar-refractivity contribution in [2.45, 2.75) is 6.92 Å². The summed E-state index contributed by atoms with van der Waals surface area (Å²) in [6.45, 7) is 3.98. The van der Waals surface area contributed by atoms with Crippen LogP contribution in [0.1, 0.15) is 16.1 Å². The molecule has 0 bridgehead atoms. The number of hydrogen-bond acceptors (Lipinski definition) is 5. The zero-order valence-corrected chi connectivity index (χ0v) is 16.0.